The van der Waals surface area contributed by atoms with Gasteiger partial charge in [0.15, 0.2) is 0 Å². The van der Waals surface area contributed by atoms with E-state index in [0.29, 0.717) is 19.5 Å². The van der Waals surface area contributed by atoms with Crippen molar-refractivity contribution in [2.75, 3.05) is 19.6 Å². The van der Waals surface area contributed by atoms with Crippen molar-refractivity contribution in [2.45, 2.75) is 44.9 Å². The van der Waals surface area contributed by atoms with Gasteiger partial charge in [0.2, 0.25) is 17.7 Å². The Morgan fingerprint density at radius 3 is 2.26 bits per heavy atom. The van der Waals surface area contributed by atoms with Crippen LogP contribution in [-0.4, -0.2) is 42.3 Å². The van der Waals surface area contributed by atoms with Gasteiger partial charge < -0.3 is 11.1 Å². The Bertz CT molecular complexity index is 614. The van der Waals surface area contributed by atoms with Gasteiger partial charge in [-0.15, -0.1) is 12.4 Å². The number of nitrogens with zero attached hydrogens (tertiary/aromatic N) is 1. The van der Waals surface area contributed by atoms with Crippen LogP contribution in [0.3, 0.4) is 0 Å². The minimum absolute atomic E-state index is 0. The third kappa shape index (κ3) is 3.54. The second kappa shape index (κ2) is 7.92. The molecule has 2 saturated carbocycles. The molecule has 3 amide bonds. The summed E-state index contributed by atoms with van der Waals surface area (Å²) in [6.45, 7) is 1.16. The molecule has 1 aliphatic heterocycles. The highest BCUT2D eigenvalue weighted by molar-refractivity contribution is 6.06. The van der Waals surface area contributed by atoms with Gasteiger partial charge in [0, 0.05) is 19.5 Å². The van der Waals surface area contributed by atoms with E-state index in [0.717, 1.165) is 32.1 Å². The minimum atomic E-state index is -0.157. The van der Waals surface area contributed by atoms with Crippen LogP contribution in [-0.2, 0) is 14.4 Å². The van der Waals surface area contributed by atoms with E-state index in [4.69, 9.17) is 5.73 Å². The Morgan fingerprint density at radius 2 is 1.70 bits per heavy atom. The summed E-state index contributed by atoms with van der Waals surface area (Å²) in [5, 5.41) is 2.90. The summed E-state index contributed by atoms with van der Waals surface area (Å²) in [7, 11) is 0. The molecule has 0 radical (unpaired) electrons. The molecule has 3 aliphatic carbocycles. The number of carbonyl (C=O) groups excluding carboxylic acids is 3. The number of carbonyl (C=O) groups is 3. The summed E-state index contributed by atoms with van der Waals surface area (Å²) < 4.78 is 0. The molecular formula is C20H30ClN3O3. The molecule has 4 atom stereocenters. The monoisotopic (exact) mass is 395 g/mol. The van der Waals surface area contributed by atoms with Crippen molar-refractivity contribution in [2.24, 2.45) is 34.8 Å². The fourth-order valence-corrected chi connectivity index (χ4v) is 5.65. The molecule has 0 aromatic heterocycles. The van der Waals surface area contributed by atoms with Gasteiger partial charge in [-0.25, -0.2) is 0 Å². The largest absolute Gasteiger partial charge is 0.354 e. The van der Waals surface area contributed by atoms with E-state index in [9.17, 15) is 14.4 Å². The summed E-state index contributed by atoms with van der Waals surface area (Å²) in [4.78, 5) is 39.0. The average molecular weight is 396 g/mol. The summed E-state index contributed by atoms with van der Waals surface area (Å²) in [6.07, 6.45) is 11.1. The highest BCUT2D eigenvalue weighted by Crippen LogP contribution is 2.52. The summed E-state index contributed by atoms with van der Waals surface area (Å²) in [5.74, 6) is 0.0485. The van der Waals surface area contributed by atoms with Gasteiger partial charge in [0.05, 0.1) is 11.8 Å². The normalized spacial score (nSPS) is 33.1. The summed E-state index contributed by atoms with van der Waals surface area (Å²) in [5.41, 5.74) is 5.89. The maximum Gasteiger partial charge on any atom is 0.233 e. The lowest BCUT2D eigenvalue weighted by Gasteiger charge is -2.35. The molecule has 2 bridgehead atoms. The van der Waals surface area contributed by atoms with E-state index < -0.39 is 0 Å². The first-order chi connectivity index (χ1) is 12.5. The number of rotatable bonds is 6. The van der Waals surface area contributed by atoms with Crippen molar-refractivity contribution < 1.29 is 14.4 Å². The third-order valence-corrected chi connectivity index (χ3v) is 7.10. The van der Waals surface area contributed by atoms with Gasteiger partial charge in [-0.1, -0.05) is 31.4 Å². The first kappa shape index (κ1) is 20.3. The lowest BCUT2D eigenvalue weighted by molar-refractivity contribution is -0.141. The number of nitrogens with one attached hydrogen (secondary N) is 1. The van der Waals surface area contributed by atoms with Crippen molar-refractivity contribution in [1.29, 1.82) is 0 Å². The van der Waals surface area contributed by atoms with Gasteiger partial charge in [0.25, 0.3) is 0 Å². The fourth-order valence-electron chi connectivity index (χ4n) is 5.65. The zero-order valence-electron chi connectivity index (χ0n) is 15.7. The smallest absolute Gasteiger partial charge is 0.233 e. The molecule has 4 rings (SSSR count). The van der Waals surface area contributed by atoms with Crippen LogP contribution in [0.5, 0.6) is 0 Å². The quantitative estimate of drug-likeness (QED) is 0.528. The van der Waals surface area contributed by atoms with Gasteiger partial charge in [-0.05, 0) is 43.1 Å². The van der Waals surface area contributed by atoms with E-state index in [-0.39, 0.29) is 65.8 Å². The fraction of sp³-hybridized carbons (Fsp3) is 0.750. The number of allylic oxidation sites excluding steroid dienone is 2. The molecule has 1 heterocycles. The number of halogens is 1. The van der Waals surface area contributed by atoms with Crippen LogP contribution in [0.25, 0.3) is 0 Å². The maximum absolute atomic E-state index is 12.6. The molecule has 4 unspecified atom stereocenters. The van der Waals surface area contributed by atoms with E-state index in [1.165, 1.54) is 11.3 Å². The molecule has 150 valence electrons. The van der Waals surface area contributed by atoms with Crippen LogP contribution in [0.15, 0.2) is 12.2 Å². The Hall–Kier alpha value is -1.40. The van der Waals surface area contributed by atoms with E-state index >= 15 is 0 Å². The number of imide groups is 1. The predicted octanol–water partition coefficient (Wildman–Crippen LogP) is 1.63. The zero-order chi connectivity index (χ0) is 18.3. The zero-order valence-corrected chi connectivity index (χ0v) is 16.5. The summed E-state index contributed by atoms with van der Waals surface area (Å²) >= 11 is 0. The van der Waals surface area contributed by atoms with Crippen molar-refractivity contribution in [1.82, 2.24) is 10.2 Å². The maximum atomic E-state index is 12.6. The van der Waals surface area contributed by atoms with Crippen LogP contribution >= 0.6 is 12.4 Å². The van der Waals surface area contributed by atoms with Crippen molar-refractivity contribution in [3.8, 4) is 0 Å². The number of amides is 3. The van der Waals surface area contributed by atoms with Crippen LogP contribution < -0.4 is 11.1 Å². The molecule has 1 saturated heterocycles. The molecule has 3 N–H and O–H groups in total. The Labute approximate surface area is 166 Å². The van der Waals surface area contributed by atoms with Crippen molar-refractivity contribution >= 4 is 30.1 Å². The van der Waals surface area contributed by atoms with Gasteiger partial charge in [-0.3, -0.25) is 19.3 Å². The highest BCUT2D eigenvalue weighted by atomic mass is 35.5. The SMILES string of the molecule is Cl.NCC1(CC(=O)NCCN2C(=O)C3C4C=CC(C4)C3C2=O)CCCCC1. The molecule has 0 aromatic carbocycles. The van der Waals surface area contributed by atoms with Gasteiger partial charge >= 0.3 is 0 Å². The standard InChI is InChI=1S/C20H29N3O3.ClH/c21-12-20(6-2-1-3-7-20)11-15(24)22-8-9-23-18(25)16-13-4-5-14(10-13)17(16)19(23)26;/h4-5,13-14,16-17H,1-3,6-12,21H2,(H,22,24);1H. The molecule has 3 fully saturated rings. The Morgan fingerprint density at radius 1 is 1.11 bits per heavy atom. The lowest BCUT2D eigenvalue weighted by Crippen LogP contribution is -2.42. The van der Waals surface area contributed by atoms with Gasteiger partial charge in [-0.2, -0.15) is 0 Å². The van der Waals surface area contributed by atoms with Crippen LogP contribution in [0.4, 0.5) is 0 Å². The molecule has 6 nitrogen and oxygen atoms in total. The first-order valence-corrected chi connectivity index (χ1v) is 10.0. The predicted molar refractivity (Wildman–Crippen MR) is 104 cm³/mol. The van der Waals surface area contributed by atoms with E-state index in [2.05, 4.69) is 17.5 Å². The van der Waals surface area contributed by atoms with Crippen molar-refractivity contribution in [3.05, 3.63) is 12.2 Å². The second-order valence-corrected chi connectivity index (χ2v) is 8.62. The molecule has 0 aromatic rings. The third-order valence-electron chi connectivity index (χ3n) is 7.10. The number of likely N-dealkylation sites (tertiary alicyclic amines) is 1. The number of hydrogen-bond donors (Lipinski definition) is 2. The molecular weight excluding hydrogens is 366 g/mol. The highest BCUT2D eigenvalue weighted by Gasteiger charge is 2.58. The Balaban J connectivity index is 0.00000210. The molecule has 0 spiro atoms. The minimum Gasteiger partial charge on any atom is -0.354 e. The van der Waals surface area contributed by atoms with E-state index in [1.54, 1.807) is 0 Å². The second-order valence-electron chi connectivity index (χ2n) is 8.62. The number of nitrogens with two attached hydrogens (primary N) is 1. The number of hydrogen-bond acceptors (Lipinski definition) is 4. The Kier molecular flexibility index (Phi) is 5.96. The van der Waals surface area contributed by atoms with E-state index in [1.807, 2.05) is 0 Å². The summed E-state index contributed by atoms with van der Waals surface area (Å²) in [6, 6.07) is 0. The number of fused-ring (bicyclic) bond motifs is 5. The molecule has 27 heavy (non-hydrogen) atoms. The molecule has 4 aliphatic rings. The van der Waals surface area contributed by atoms with Crippen LogP contribution in [0.2, 0.25) is 0 Å². The van der Waals surface area contributed by atoms with Crippen molar-refractivity contribution in [3.63, 3.8) is 0 Å². The van der Waals surface area contributed by atoms with Crippen LogP contribution in [0.1, 0.15) is 44.9 Å². The molecule has 7 heteroatoms. The average Bonchev–Trinajstić information content (AvgIpc) is 3.32. The lowest BCUT2D eigenvalue weighted by atomic mass is 9.71. The van der Waals surface area contributed by atoms with Crippen LogP contribution in [0, 0.1) is 29.1 Å². The topological polar surface area (TPSA) is 92.5 Å². The first-order valence-electron chi connectivity index (χ1n) is 10.0. The van der Waals surface area contributed by atoms with Gasteiger partial charge in [0.1, 0.15) is 0 Å².